The van der Waals surface area contributed by atoms with Gasteiger partial charge in [0.1, 0.15) is 5.75 Å². The number of rotatable bonds is 26. The number of halogens is 1. The second kappa shape index (κ2) is 22.4. The quantitative estimate of drug-likeness (QED) is 0.0800. The van der Waals surface area contributed by atoms with Gasteiger partial charge in [0, 0.05) is 11.6 Å². The number of hydrogen-bond acceptors (Lipinski definition) is 3. The van der Waals surface area contributed by atoms with Crippen molar-refractivity contribution < 1.29 is 13.0 Å². The second-order valence-corrected chi connectivity index (χ2v) is 19.4. The van der Waals surface area contributed by atoms with Gasteiger partial charge in [-0.2, -0.15) is 0 Å². The molecule has 6 heteroatoms. The summed E-state index contributed by atoms with van der Waals surface area (Å²) < 4.78 is 18.8. The molecule has 0 aromatic heterocycles. The van der Waals surface area contributed by atoms with Crippen molar-refractivity contribution in [2.24, 2.45) is 0 Å². The first-order valence-corrected chi connectivity index (χ1v) is 22.0. The van der Waals surface area contributed by atoms with Crippen LogP contribution in [0.2, 0.25) is 31.2 Å². The normalized spacial score (nSPS) is 12.3. The van der Waals surface area contributed by atoms with Crippen molar-refractivity contribution in [3.8, 4) is 5.75 Å². The summed E-state index contributed by atoms with van der Waals surface area (Å²) in [6.45, 7) is 11.5. The van der Waals surface area contributed by atoms with Gasteiger partial charge in [0.15, 0.2) is 0 Å². The summed E-state index contributed by atoms with van der Waals surface area (Å²) in [5.41, 5.74) is 0. The SMILES string of the molecule is CCCCCCCCCCCCCCCCCCCCCCO[Si](C)(C)O[Si](C)(C)Oc1cccc(Cl)c1. The monoisotopic (exact) mass is 584 g/mol. The fourth-order valence-corrected chi connectivity index (χ4v) is 11.8. The van der Waals surface area contributed by atoms with E-state index in [4.69, 9.17) is 24.6 Å². The van der Waals surface area contributed by atoms with Gasteiger partial charge in [-0.15, -0.1) is 0 Å². The maximum atomic E-state index is 6.40. The molecule has 0 heterocycles. The molecule has 1 aromatic carbocycles. The van der Waals surface area contributed by atoms with Crippen molar-refractivity contribution in [1.29, 1.82) is 0 Å². The van der Waals surface area contributed by atoms with Crippen molar-refractivity contribution in [2.75, 3.05) is 6.61 Å². The number of unbranched alkanes of at least 4 members (excludes halogenated alkanes) is 19. The summed E-state index contributed by atoms with van der Waals surface area (Å²) in [5, 5.41) is 0.680. The summed E-state index contributed by atoms with van der Waals surface area (Å²) >= 11 is 6.08. The predicted octanol–water partition coefficient (Wildman–Crippen LogP) is 12.0. The molecule has 222 valence electrons. The lowest BCUT2D eigenvalue weighted by atomic mass is 10.0. The van der Waals surface area contributed by atoms with Crippen molar-refractivity contribution in [3.05, 3.63) is 29.3 Å². The molecule has 0 amide bonds. The Morgan fingerprint density at radius 2 is 1.00 bits per heavy atom. The highest BCUT2D eigenvalue weighted by Gasteiger charge is 2.37. The van der Waals surface area contributed by atoms with Gasteiger partial charge in [0.25, 0.3) is 0 Å². The molecule has 0 saturated carbocycles. The lowest BCUT2D eigenvalue weighted by Gasteiger charge is -2.33. The Labute approximate surface area is 244 Å². The third kappa shape index (κ3) is 21.5. The van der Waals surface area contributed by atoms with Crippen LogP contribution in [-0.2, 0) is 8.54 Å². The van der Waals surface area contributed by atoms with E-state index >= 15 is 0 Å². The van der Waals surface area contributed by atoms with E-state index in [-0.39, 0.29) is 0 Å². The summed E-state index contributed by atoms with van der Waals surface area (Å²) in [4.78, 5) is 0. The summed E-state index contributed by atoms with van der Waals surface area (Å²) in [6, 6.07) is 7.53. The minimum atomic E-state index is -2.34. The Kier molecular flexibility index (Phi) is 21.0. The largest absolute Gasteiger partial charge is 0.521 e. The van der Waals surface area contributed by atoms with Gasteiger partial charge >= 0.3 is 17.1 Å². The van der Waals surface area contributed by atoms with Gasteiger partial charge in [-0.3, -0.25) is 0 Å². The standard InChI is InChI=1S/C32H61ClO3Si2/c1-6-7-8-9-10-11-12-13-14-15-16-17-18-19-20-21-22-23-24-25-29-34-37(2,3)36-38(4,5)35-32-28-26-27-31(33)30-32/h26-28,30H,6-25,29H2,1-5H3. The lowest BCUT2D eigenvalue weighted by molar-refractivity contribution is 0.225. The molecule has 0 atom stereocenters. The Morgan fingerprint density at radius 3 is 1.42 bits per heavy atom. The zero-order valence-corrected chi connectivity index (χ0v) is 28.5. The average Bonchev–Trinajstić information content (AvgIpc) is 2.84. The van der Waals surface area contributed by atoms with Gasteiger partial charge < -0.3 is 13.0 Å². The van der Waals surface area contributed by atoms with Gasteiger partial charge in [0.05, 0.1) is 0 Å². The fraction of sp³-hybridized carbons (Fsp3) is 0.812. The van der Waals surface area contributed by atoms with Crippen molar-refractivity contribution in [1.82, 2.24) is 0 Å². The Morgan fingerprint density at radius 1 is 0.579 bits per heavy atom. The number of hydrogen-bond donors (Lipinski definition) is 0. The molecule has 0 aliphatic rings. The molecule has 0 saturated heterocycles. The Balaban J connectivity index is 1.89. The van der Waals surface area contributed by atoms with E-state index < -0.39 is 17.1 Å². The summed E-state index contributed by atoms with van der Waals surface area (Å²) in [5.74, 6) is 0.771. The molecule has 3 nitrogen and oxygen atoms in total. The molecule has 0 unspecified atom stereocenters. The highest BCUT2D eigenvalue weighted by Crippen LogP contribution is 2.24. The maximum absolute atomic E-state index is 6.40. The van der Waals surface area contributed by atoms with Crippen LogP contribution in [-0.4, -0.2) is 23.7 Å². The highest BCUT2D eigenvalue weighted by molar-refractivity contribution is 6.79. The number of benzene rings is 1. The smallest absolute Gasteiger partial charge is 0.383 e. The molecule has 0 aliphatic carbocycles. The van der Waals surface area contributed by atoms with Crippen LogP contribution in [0.3, 0.4) is 0 Å². The molecule has 0 bridgehead atoms. The van der Waals surface area contributed by atoms with Gasteiger partial charge in [-0.05, 0) is 50.8 Å². The second-order valence-electron chi connectivity index (χ2n) is 12.0. The van der Waals surface area contributed by atoms with E-state index in [2.05, 4.69) is 33.1 Å². The van der Waals surface area contributed by atoms with Crippen molar-refractivity contribution in [2.45, 2.75) is 162 Å². The van der Waals surface area contributed by atoms with Crippen LogP contribution in [0.25, 0.3) is 0 Å². The summed E-state index contributed by atoms with van der Waals surface area (Å²) in [6.07, 6.45) is 28.1. The van der Waals surface area contributed by atoms with Crippen LogP contribution < -0.4 is 4.43 Å². The minimum absolute atomic E-state index is 0.680. The minimum Gasteiger partial charge on any atom is -0.521 e. The van der Waals surface area contributed by atoms with Gasteiger partial charge in [-0.25, -0.2) is 0 Å². The van der Waals surface area contributed by atoms with Crippen molar-refractivity contribution >= 4 is 28.7 Å². The van der Waals surface area contributed by atoms with E-state index in [1.54, 1.807) is 0 Å². The molecule has 0 fully saturated rings. The first kappa shape index (κ1) is 35.7. The van der Waals surface area contributed by atoms with Gasteiger partial charge in [0.2, 0.25) is 0 Å². The van der Waals surface area contributed by atoms with Crippen LogP contribution in [0.1, 0.15) is 135 Å². The molecule has 0 N–H and O–H groups in total. The zero-order valence-electron chi connectivity index (χ0n) is 25.8. The first-order chi connectivity index (χ1) is 18.2. The van der Waals surface area contributed by atoms with E-state index in [0.29, 0.717) is 5.02 Å². The highest BCUT2D eigenvalue weighted by atomic mass is 35.5. The molecule has 1 rings (SSSR count). The Hall–Kier alpha value is -0.336. The molecule has 38 heavy (non-hydrogen) atoms. The average molecular weight is 585 g/mol. The van der Waals surface area contributed by atoms with E-state index in [1.165, 1.54) is 122 Å². The van der Waals surface area contributed by atoms with E-state index in [1.807, 2.05) is 24.3 Å². The van der Waals surface area contributed by atoms with E-state index in [9.17, 15) is 0 Å². The van der Waals surface area contributed by atoms with Crippen LogP contribution >= 0.6 is 11.6 Å². The van der Waals surface area contributed by atoms with Crippen LogP contribution in [0.4, 0.5) is 0 Å². The zero-order chi connectivity index (χ0) is 28.0. The maximum Gasteiger partial charge on any atom is 0.383 e. The van der Waals surface area contributed by atoms with Crippen LogP contribution in [0.15, 0.2) is 24.3 Å². The molecule has 1 aromatic rings. The molecule has 0 aliphatic heterocycles. The molecular formula is C32H61ClO3Si2. The fourth-order valence-electron chi connectivity index (χ4n) is 5.13. The summed E-state index contributed by atoms with van der Waals surface area (Å²) in [7, 11) is -4.56. The van der Waals surface area contributed by atoms with Crippen LogP contribution in [0, 0.1) is 0 Å². The van der Waals surface area contributed by atoms with Gasteiger partial charge in [-0.1, -0.05) is 147 Å². The third-order valence-corrected chi connectivity index (χ3v) is 12.9. The molecule has 0 radical (unpaired) electrons. The van der Waals surface area contributed by atoms with Crippen molar-refractivity contribution in [3.63, 3.8) is 0 Å². The molecule has 0 spiro atoms. The predicted molar refractivity (Wildman–Crippen MR) is 172 cm³/mol. The first-order valence-electron chi connectivity index (χ1n) is 16.0. The van der Waals surface area contributed by atoms with E-state index in [0.717, 1.165) is 18.8 Å². The van der Waals surface area contributed by atoms with Crippen LogP contribution in [0.5, 0.6) is 5.75 Å². The molecular weight excluding hydrogens is 524 g/mol. The Bertz CT molecular complexity index is 684. The third-order valence-electron chi connectivity index (χ3n) is 7.10. The lowest BCUT2D eigenvalue weighted by Crippen LogP contribution is -2.50. The topological polar surface area (TPSA) is 27.7 Å².